The van der Waals surface area contributed by atoms with Gasteiger partial charge in [-0.25, -0.2) is 0 Å². The van der Waals surface area contributed by atoms with Crippen LogP contribution in [-0.4, -0.2) is 23.9 Å². The highest BCUT2D eigenvalue weighted by molar-refractivity contribution is 5.76. The zero-order valence-electron chi connectivity index (χ0n) is 8.39. The minimum atomic E-state index is 0.336. The maximum Gasteiger partial charge on any atom is 0.222 e. The van der Waals surface area contributed by atoms with Crippen molar-refractivity contribution in [1.82, 2.24) is 4.90 Å². The van der Waals surface area contributed by atoms with Gasteiger partial charge in [-0.2, -0.15) is 0 Å². The van der Waals surface area contributed by atoms with Crippen molar-refractivity contribution in [2.75, 3.05) is 13.1 Å². The van der Waals surface area contributed by atoms with Crippen molar-refractivity contribution in [3.8, 4) is 0 Å². The average Bonchev–Trinajstić information content (AvgIpc) is 2.31. The van der Waals surface area contributed by atoms with Gasteiger partial charge < -0.3 is 4.90 Å². The third kappa shape index (κ3) is 2.23. The highest BCUT2D eigenvalue weighted by Gasteiger charge is 2.31. The van der Waals surface area contributed by atoms with E-state index in [0.717, 1.165) is 32.4 Å². The number of likely N-dealkylation sites (tertiary alicyclic amines) is 1. The highest BCUT2D eigenvalue weighted by atomic mass is 16.2. The minimum absolute atomic E-state index is 0.336. The van der Waals surface area contributed by atoms with Crippen molar-refractivity contribution in [2.24, 2.45) is 5.41 Å². The number of amides is 1. The average molecular weight is 169 g/mol. The van der Waals surface area contributed by atoms with E-state index in [-0.39, 0.29) is 0 Å². The van der Waals surface area contributed by atoms with Gasteiger partial charge in [-0.05, 0) is 18.3 Å². The van der Waals surface area contributed by atoms with Gasteiger partial charge in [0.15, 0.2) is 0 Å². The summed E-state index contributed by atoms with van der Waals surface area (Å²) >= 11 is 0. The summed E-state index contributed by atoms with van der Waals surface area (Å²) in [5.41, 5.74) is 0.351. The maximum atomic E-state index is 11.5. The molecule has 0 saturated carbocycles. The number of nitrogens with zero attached hydrogens (tertiary/aromatic N) is 1. The molecule has 2 nitrogen and oxygen atoms in total. The van der Waals surface area contributed by atoms with Gasteiger partial charge >= 0.3 is 0 Å². The molecule has 1 rings (SSSR count). The molecule has 0 bridgehead atoms. The summed E-state index contributed by atoms with van der Waals surface area (Å²) < 4.78 is 0. The first-order valence-corrected chi connectivity index (χ1v) is 4.83. The Morgan fingerprint density at radius 3 is 2.58 bits per heavy atom. The summed E-state index contributed by atoms with van der Waals surface area (Å²) in [5.74, 6) is 0.336. The molecule has 0 aromatic rings. The lowest BCUT2D eigenvalue weighted by molar-refractivity contribution is -0.130. The third-order valence-electron chi connectivity index (χ3n) is 2.49. The molecular formula is C10H19NO. The fraction of sp³-hybridized carbons (Fsp3) is 0.900. The van der Waals surface area contributed by atoms with E-state index in [1.165, 1.54) is 0 Å². The third-order valence-corrected chi connectivity index (χ3v) is 2.49. The van der Waals surface area contributed by atoms with Crippen LogP contribution in [0.3, 0.4) is 0 Å². The molecule has 0 spiro atoms. The van der Waals surface area contributed by atoms with Crippen LogP contribution in [0.4, 0.5) is 0 Å². The molecule has 70 valence electrons. The summed E-state index contributed by atoms with van der Waals surface area (Å²) in [6.07, 6.45) is 2.84. The smallest absolute Gasteiger partial charge is 0.222 e. The molecular weight excluding hydrogens is 150 g/mol. The highest BCUT2D eigenvalue weighted by Crippen LogP contribution is 2.28. The van der Waals surface area contributed by atoms with E-state index in [1.54, 1.807) is 0 Å². The van der Waals surface area contributed by atoms with E-state index < -0.39 is 0 Å². The van der Waals surface area contributed by atoms with Crippen molar-refractivity contribution >= 4 is 5.91 Å². The molecule has 1 amide bonds. The monoisotopic (exact) mass is 169 g/mol. The van der Waals surface area contributed by atoms with Gasteiger partial charge in [-0.1, -0.05) is 20.8 Å². The number of hydrogen-bond acceptors (Lipinski definition) is 1. The van der Waals surface area contributed by atoms with E-state index in [2.05, 4.69) is 20.8 Å². The molecule has 1 saturated heterocycles. The van der Waals surface area contributed by atoms with Crippen LogP contribution in [0.25, 0.3) is 0 Å². The van der Waals surface area contributed by atoms with Crippen LogP contribution in [0.1, 0.15) is 40.0 Å². The largest absolute Gasteiger partial charge is 0.342 e. The Labute approximate surface area is 74.9 Å². The van der Waals surface area contributed by atoms with Gasteiger partial charge in [0.05, 0.1) is 0 Å². The number of carbonyl (C=O) groups excluding carboxylic acids is 1. The Balaban J connectivity index is 2.41. The molecule has 1 aliphatic rings. The van der Waals surface area contributed by atoms with Crippen LogP contribution in [0.2, 0.25) is 0 Å². The topological polar surface area (TPSA) is 20.3 Å². The molecule has 0 aromatic carbocycles. The van der Waals surface area contributed by atoms with Crippen LogP contribution in [0.15, 0.2) is 0 Å². The maximum absolute atomic E-state index is 11.5. The molecule has 2 heteroatoms. The molecule has 0 aliphatic carbocycles. The Hall–Kier alpha value is -0.530. The summed E-state index contributed by atoms with van der Waals surface area (Å²) in [6, 6.07) is 0. The molecule has 0 radical (unpaired) electrons. The molecule has 1 fully saturated rings. The lowest BCUT2D eigenvalue weighted by Crippen LogP contribution is -2.29. The predicted octanol–water partition coefficient (Wildman–Crippen LogP) is 2.04. The standard InChI is InChI=1S/C10H19NO/c1-4-5-9(12)11-7-6-10(2,3)8-11/h4-8H2,1-3H3. The summed E-state index contributed by atoms with van der Waals surface area (Å²) in [4.78, 5) is 13.5. The Kier molecular flexibility index (Phi) is 2.76. The number of carbonyl (C=O) groups is 1. The quantitative estimate of drug-likeness (QED) is 0.619. The fourth-order valence-corrected chi connectivity index (χ4v) is 1.70. The van der Waals surface area contributed by atoms with E-state index in [9.17, 15) is 4.79 Å². The number of rotatable bonds is 2. The van der Waals surface area contributed by atoms with Crippen molar-refractivity contribution in [1.29, 1.82) is 0 Å². The van der Waals surface area contributed by atoms with Crippen molar-refractivity contribution in [2.45, 2.75) is 40.0 Å². The van der Waals surface area contributed by atoms with Gasteiger partial charge in [0.25, 0.3) is 0 Å². The molecule has 1 heterocycles. The van der Waals surface area contributed by atoms with Gasteiger partial charge in [0, 0.05) is 19.5 Å². The lowest BCUT2D eigenvalue weighted by atomic mass is 9.93. The minimum Gasteiger partial charge on any atom is -0.342 e. The van der Waals surface area contributed by atoms with Crippen LogP contribution in [-0.2, 0) is 4.79 Å². The normalized spacial score (nSPS) is 21.4. The van der Waals surface area contributed by atoms with Gasteiger partial charge in [0.1, 0.15) is 0 Å². The van der Waals surface area contributed by atoms with Crippen molar-refractivity contribution in [3.63, 3.8) is 0 Å². The summed E-state index contributed by atoms with van der Waals surface area (Å²) in [5, 5.41) is 0. The van der Waals surface area contributed by atoms with Gasteiger partial charge in [0.2, 0.25) is 5.91 Å². The molecule has 12 heavy (non-hydrogen) atoms. The second kappa shape index (κ2) is 3.46. The fourth-order valence-electron chi connectivity index (χ4n) is 1.70. The summed E-state index contributed by atoms with van der Waals surface area (Å²) in [7, 11) is 0. The van der Waals surface area contributed by atoms with Crippen LogP contribution >= 0.6 is 0 Å². The predicted molar refractivity (Wildman–Crippen MR) is 49.9 cm³/mol. The SMILES string of the molecule is CCCC(=O)N1CCC(C)(C)C1. The molecule has 0 N–H and O–H groups in total. The van der Waals surface area contributed by atoms with E-state index >= 15 is 0 Å². The first-order chi connectivity index (χ1) is 5.55. The van der Waals surface area contributed by atoms with Gasteiger partial charge in [-0.3, -0.25) is 4.79 Å². The first-order valence-electron chi connectivity index (χ1n) is 4.83. The van der Waals surface area contributed by atoms with Crippen molar-refractivity contribution in [3.05, 3.63) is 0 Å². The van der Waals surface area contributed by atoms with E-state index in [0.29, 0.717) is 11.3 Å². The van der Waals surface area contributed by atoms with Crippen LogP contribution < -0.4 is 0 Å². The van der Waals surface area contributed by atoms with E-state index in [4.69, 9.17) is 0 Å². The second-order valence-corrected chi connectivity index (χ2v) is 4.48. The van der Waals surface area contributed by atoms with Crippen LogP contribution in [0.5, 0.6) is 0 Å². The Bertz CT molecular complexity index is 175. The lowest BCUT2D eigenvalue weighted by Gasteiger charge is -2.19. The molecule has 0 atom stereocenters. The molecule has 1 aliphatic heterocycles. The van der Waals surface area contributed by atoms with Crippen LogP contribution in [0, 0.1) is 5.41 Å². The zero-order chi connectivity index (χ0) is 9.19. The van der Waals surface area contributed by atoms with E-state index in [1.807, 2.05) is 4.90 Å². The summed E-state index contributed by atoms with van der Waals surface area (Å²) in [6.45, 7) is 8.43. The second-order valence-electron chi connectivity index (χ2n) is 4.48. The first kappa shape index (κ1) is 9.56. The molecule has 0 unspecified atom stereocenters. The Morgan fingerprint density at radius 1 is 1.50 bits per heavy atom. The zero-order valence-corrected chi connectivity index (χ0v) is 8.39. The van der Waals surface area contributed by atoms with Gasteiger partial charge in [-0.15, -0.1) is 0 Å². The van der Waals surface area contributed by atoms with Crippen molar-refractivity contribution < 1.29 is 4.79 Å². The Morgan fingerprint density at radius 2 is 2.17 bits per heavy atom. The molecule has 0 aromatic heterocycles. The number of hydrogen-bond donors (Lipinski definition) is 0.